The maximum atomic E-state index is 13.7. The number of benzene rings is 1. The second-order valence-corrected chi connectivity index (χ2v) is 11.7. The lowest BCUT2D eigenvalue weighted by molar-refractivity contribution is -0.160. The molecule has 5 nitrogen and oxygen atoms in total. The molecule has 1 aromatic rings. The van der Waals surface area contributed by atoms with Gasteiger partial charge in [-0.25, -0.2) is 4.79 Å². The fourth-order valence-electron chi connectivity index (χ4n) is 5.39. The quantitative estimate of drug-likeness (QED) is 0.490. The number of nitrogens with zero attached hydrogens (tertiary/aromatic N) is 1. The number of carboxylic acid groups (broad SMARTS) is 1. The molecule has 1 unspecified atom stereocenters. The summed E-state index contributed by atoms with van der Waals surface area (Å²) >= 11 is 2.27. The first-order valence-electron chi connectivity index (χ1n) is 11.3. The molecule has 172 valence electrons. The Morgan fingerprint density at radius 3 is 2.26 bits per heavy atom. The third kappa shape index (κ3) is 4.52. The summed E-state index contributed by atoms with van der Waals surface area (Å²) in [6, 6.07) is 0.307. The fraction of sp³-hybridized carbons (Fsp3) is 0.680. The number of amides is 1. The first-order chi connectivity index (χ1) is 14.3. The molecule has 1 N–H and O–H groups in total. The number of halogens is 1. The highest BCUT2D eigenvalue weighted by atomic mass is 127. The van der Waals surface area contributed by atoms with E-state index in [1.54, 1.807) is 0 Å². The SMILES string of the molecule is Cc1c(I)c(C(OC(C)(C)C)C(=O)O)c(C)c2c1CN(C1CCCCC1)C(=O)C2(C)C. The number of fused-ring (bicyclic) bond motifs is 1. The lowest BCUT2D eigenvalue weighted by atomic mass is 9.71. The average Bonchev–Trinajstić information content (AvgIpc) is 2.67. The lowest BCUT2D eigenvalue weighted by Gasteiger charge is -2.46. The summed E-state index contributed by atoms with van der Waals surface area (Å²) in [5.74, 6) is -0.843. The number of carbonyl (C=O) groups is 2. The van der Waals surface area contributed by atoms with Gasteiger partial charge in [-0.3, -0.25) is 4.79 Å². The Labute approximate surface area is 200 Å². The standard InChI is InChI=1S/C25H36INO4/c1-14-17-13-27(16-11-9-8-10-12-16)23(30)25(6,7)19(17)15(2)18(20(14)26)21(22(28)29)31-24(3,4)5/h16,21H,8-13H2,1-7H3,(H,28,29). The summed E-state index contributed by atoms with van der Waals surface area (Å²) in [4.78, 5) is 28.0. The van der Waals surface area contributed by atoms with E-state index in [2.05, 4.69) is 34.4 Å². The molecule has 1 aliphatic heterocycles. The summed E-state index contributed by atoms with van der Waals surface area (Å²) in [7, 11) is 0. The summed E-state index contributed by atoms with van der Waals surface area (Å²) in [6.45, 7) is 14.2. The first-order valence-corrected chi connectivity index (χ1v) is 12.4. The topological polar surface area (TPSA) is 66.8 Å². The molecule has 6 heteroatoms. The van der Waals surface area contributed by atoms with Gasteiger partial charge in [0, 0.05) is 21.7 Å². The van der Waals surface area contributed by atoms with Crippen LogP contribution in [0, 0.1) is 17.4 Å². The molecule has 0 bridgehead atoms. The van der Waals surface area contributed by atoms with Crippen LogP contribution in [0.4, 0.5) is 0 Å². The predicted octanol–water partition coefficient (Wildman–Crippen LogP) is 5.80. The van der Waals surface area contributed by atoms with E-state index in [9.17, 15) is 14.7 Å². The number of aliphatic carboxylic acids is 1. The van der Waals surface area contributed by atoms with Crippen LogP contribution in [0.15, 0.2) is 0 Å². The van der Waals surface area contributed by atoms with E-state index < -0.39 is 23.1 Å². The first kappa shape index (κ1) is 24.5. The van der Waals surface area contributed by atoms with Gasteiger partial charge < -0.3 is 14.7 Å². The third-order valence-electron chi connectivity index (χ3n) is 6.82. The van der Waals surface area contributed by atoms with Gasteiger partial charge in [-0.1, -0.05) is 19.3 Å². The molecule has 1 amide bonds. The van der Waals surface area contributed by atoms with Crippen LogP contribution >= 0.6 is 22.6 Å². The Balaban J connectivity index is 2.18. The van der Waals surface area contributed by atoms with Crippen LogP contribution < -0.4 is 0 Å². The van der Waals surface area contributed by atoms with E-state index in [4.69, 9.17) is 4.74 Å². The largest absolute Gasteiger partial charge is 0.479 e. The summed E-state index contributed by atoms with van der Waals surface area (Å²) in [5.41, 5.74) is 3.49. The van der Waals surface area contributed by atoms with Crippen molar-refractivity contribution in [1.82, 2.24) is 4.90 Å². The van der Waals surface area contributed by atoms with Crippen molar-refractivity contribution in [3.05, 3.63) is 31.4 Å². The van der Waals surface area contributed by atoms with Crippen molar-refractivity contribution in [3.8, 4) is 0 Å². The maximum absolute atomic E-state index is 13.7. The van der Waals surface area contributed by atoms with Gasteiger partial charge in [-0.05, 0) is 106 Å². The number of rotatable bonds is 4. The van der Waals surface area contributed by atoms with Gasteiger partial charge in [0.1, 0.15) is 0 Å². The van der Waals surface area contributed by atoms with Crippen molar-refractivity contribution in [1.29, 1.82) is 0 Å². The number of hydrogen-bond donors (Lipinski definition) is 1. The zero-order chi connectivity index (χ0) is 23.3. The number of hydrogen-bond acceptors (Lipinski definition) is 3. The van der Waals surface area contributed by atoms with E-state index in [1.165, 1.54) is 24.8 Å². The Kier molecular flexibility index (Phi) is 6.84. The second-order valence-electron chi connectivity index (χ2n) is 10.6. The zero-order valence-electron chi connectivity index (χ0n) is 19.9. The van der Waals surface area contributed by atoms with Gasteiger partial charge in [0.15, 0.2) is 6.10 Å². The molecule has 1 aromatic carbocycles. The van der Waals surface area contributed by atoms with E-state index in [0.717, 1.165) is 33.1 Å². The van der Waals surface area contributed by atoms with Crippen molar-refractivity contribution < 1.29 is 19.4 Å². The van der Waals surface area contributed by atoms with Gasteiger partial charge in [-0.2, -0.15) is 0 Å². The Hall–Kier alpha value is -1.15. The minimum Gasteiger partial charge on any atom is -0.479 e. The number of ether oxygens (including phenoxy) is 1. The monoisotopic (exact) mass is 541 g/mol. The molecule has 2 aliphatic rings. The highest BCUT2D eigenvalue weighted by Crippen LogP contribution is 2.45. The minimum absolute atomic E-state index is 0.158. The van der Waals surface area contributed by atoms with Crippen molar-refractivity contribution in [2.45, 2.75) is 110 Å². The molecule has 1 aliphatic carbocycles. The molecule has 0 spiro atoms. The molecule has 1 fully saturated rings. The third-order valence-corrected chi connectivity index (χ3v) is 8.21. The molecule has 3 rings (SSSR count). The molecular weight excluding hydrogens is 505 g/mol. The Morgan fingerprint density at radius 1 is 1.16 bits per heavy atom. The molecule has 1 saturated carbocycles. The van der Waals surface area contributed by atoms with E-state index in [0.29, 0.717) is 18.2 Å². The van der Waals surface area contributed by atoms with Crippen LogP contribution in [0.1, 0.15) is 101 Å². The maximum Gasteiger partial charge on any atom is 0.337 e. The number of carbonyl (C=O) groups excluding carboxylic acids is 1. The smallest absolute Gasteiger partial charge is 0.337 e. The molecule has 0 aromatic heterocycles. The normalized spacial score (nSPS) is 20.5. The van der Waals surface area contributed by atoms with Crippen LogP contribution in [0.3, 0.4) is 0 Å². The average molecular weight is 541 g/mol. The van der Waals surface area contributed by atoms with Crippen LogP contribution in [0.25, 0.3) is 0 Å². The van der Waals surface area contributed by atoms with E-state index >= 15 is 0 Å². The van der Waals surface area contributed by atoms with Crippen molar-refractivity contribution in [2.24, 2.45) is 0 Å². The van der Waals surface area contributed by atoms with Crippen LogP contribution in [-0.2, 0) is 26.3 Å². The van der Waals surface area contributed by atoms with Crippen LogP contribution in [-0.4, -0.2) is 33.5 Å². The predicted molar refractivity (Wildman–Crippen MR) is 130 cm³/mol. The molecule has 0 saturated heterocycles. The molecular formula is C25H36INO4. The van der Waals surface area contributed by atoms with E-state index in [1.807, 2.05) is 41.5 Å². The second kappa shape index (κ2) is 8.65. The fourth-order valence-corrected chi connectivity index (χ4v) is 6.40. The lowest BCUT2D eigenvalue weighted by Crippen LogP contribution is -2.53. The highest BCUT2D eigenvalue weighted by Gasteiger charge is 2.46. The van der Waals surface area contributed by atoms with Crippen LogP contribution in [0.2, 0.25) is 0 Å². The number of carboxylic acids is 1. The Morgan fingerprint density at radius 2 is 1.74 bits per heavy atom. The van der Waals surface area contributed by atoms with Gasteiger partial charge in [0.2, 0.25) is 5.91 Å². The van der Waals surface area contributed by atoms with Crippen molar-refractivity contribution in [3.63, 3.8) is 0 Å². The van der Waals surface area contributed by atoms with Gasteiger partial charge in [0.05, 0.1) is 11.0 Å². The van der Waals surface area contributed by atoms with E-state index in [-0.39, 0.29) is 5.91 Å². The minimum atomic E-state index is -1.07. The summed E-state index contributed by atoms with van der Waals surface area (Å²) in [5, 5.41) is 10.0. The molecule has 1 heterocycles. The van der Waals surface area contributed by atoms with Crippen LogP contribution in [0.5, 0.6) is 0 Å². The van der Waals surface area contributed by atoms with Gasteiger partial charge in [0.25, 0.3) is 0 Å². The molecule has 0 radical (unpaired) electrons. The molecule has 1 atom stereocenters. The highest BCUT2D eigenvalue weighted by molar-refractivity contribution is 14.1. The van der Waals surface area contributed by atoms with Crippen molar-refractivity contribution in [2.75, 3.05) is 0 Å². The summed E-state index contributed by atoms with van der Waals surface area (Å²) in [6.07, 6.45) is 4.69. The van der Waals surface area contributed by atoms with Gasteiger partial charge >= 0.3 is 5.97 Å². The van der Waals surface area contributed by atoms with Crippen molar-refractivity contribution >= 4 is 34.5 Å². The molecule has 31 heavy (non-hydrogen) atoms. The zero-order valence-corrected chi connectivity index (χ0v) is 22.1. The Bertz CT molecular complexity index is 894. The summed E-state index contributed by atoms with van der Waals surface area (Å²) < 4.78 is 6.93. The van der Waals surface area contributed by atoms with Gasteiger partial charge in [-0.15, -0.1) is 0 Å².